The van der Waals surface area contributed by atoms with Gasteiger partial charge in [0, 0.05) is 24.6 Å². The highest BCUT2D eigenvalue weighted by molar-refractivity contribution is 5.66. The molecule has 2 N–H and O–H groups in total. The standard InChI is InChI=1S/C10H15NO3/c1-8(2-3-10(12)13)11-6-9-4-5-14-7-9/h4-5,7-8,11H,2-3,6H2,1H3,(H,12,13). The molecule has 1 aromatic heterocycles. The molecule has 1 heterocycles. The molecule has 0 saturated carbocycles. The molecule has 78 valence electrons. The topological polar surface area (TPSA) is 62.5 Å². The quantitative estimate of drug-likeness (QED) is 0.727. The van der Waals surface area contributed by atoms with Crippen molar-refractivity contribution in [1.82, 2.24) is 5.32 Å². The third kappa shape index (κ3) is 4.09. The summed E-state index contributed by atoms with van der Waals surface area (Å²) >= 11 is 0. The lowest BCUT2D eigenvalue weighted by molar-refractivity contribution is -0.137. The van der Waals surface area contributed by atoms with E-state index in [-0.39, 0.29) is 12.5 Å². The average molecular weight is 197 g/mol. The van der Waals surface area contributed by atoms with Crippen molar-refractivity contribution in [1.29, 1.82) is 0 Å². The van der Waals surface area contributed by atoms with Crippen LogP contribution in [0, 0.1) is 0 Å². The third-order valence-electron chi connectivity index (χ3n) is 2.03. The van der Waals surface area contributed by atoms with Crippen molar-refractivity contribution in [2.24, 2.45) is 0 Å². The van der Waals surface area contributed by atoms with Crippen molar-refractivity contribution >= 4 is 5.97 Å². The maximum absolute atomic E-state index is 10.3. The minimum absolute atomic E-state index is 0.208. The maximum atomic E-state index is 10.3. The van der Waals surface area contributed by atoms with Crippen molar-refractivity contribution in [3.63, 3.8) is 0 Å². The fourth-order valence-corrected chi connectivity index (χ4v) is 1.13. The SMILES string of the molecule is CC(CCC(=O)O)NCc1ccoc1. The molecular weight excluding hydrogens is 182 g/mol. The van der Waals surface area contributed by atoms with E-state index in [1.54, 1.807) is 12.5 Å². The molecule has 1 aromatic rings. The number of rotatable bonds is 6. The summed E-state index contributed by atoms with van der Waals surface area (Å²) in [7, 11) is 0. The number of aliphatic carboxylic acids is 1. The molecule has 0 saturated heterocycles. The van der Waals surface area contributed by atoms with E-state index in [1.165, 1.54) is 0 Å². The first-order valence-electron chi connectivity index (χ1n) is 4.64. The second-order valence-electron chi connectivity index (χ2n) is 3.35. The molecule has 1 unspecified atom stereocenters. The van der Waals surface area contributed by atoms with Gasteiger partial charge in [-0.05, 0) is 19.4 Å². The first-order valence-corrected chi connectivity index (χ1v) is 4.64. The van der Waals surface area contributed by atoms with Crippen molar-refractivity contribution in [2.75, 3.05) is 0 Å². The molecule has 0 aliphatic heterocycles. The number of carboxylic acid groups (broad SMARTS) is 1. The zero-order valence-electron chi connectivity index (χ0n) is 8.19. The van der Waals surface area contributed by atoms with Crippen molar-refractivity contribution in [3.05, 3.63) is 24.2 Å². The molecule has 0 aliphatic rings. The third-order valence-corrected chi connectivity index (χ3v) is 2.03. The zero-order chi connectivity index (χ0) is 10.4. The average Bonchev–Trinajstić information content (AvgIpc) is 2.63. The van der Waals surface area contributed by atoms with Crippen LogP contribution < -0.4 is 5.32 Å². The van der Waals surface area contributed by atoms with E-state index in [0.717, 1.165) is 12.1 Å². The van der Waals surface area contributed by atoms with E-state index in [0.29, 0.717) is 6.42 Å². The van der Waals surface area contributed by atoms with Gasteiger partial charge in [-0.15, -0.1) is 0 Å². The van der Waals surface area contributed by atoms with Gasteiger partial charge in [-0.25, -0.2) is 0 Å². The van der Waals surface area contributed by atoms with E-state index in [2.05, 4.69) is 5.32 Å². The first-order chi connectivity index (χ1) is 6.68. The van der Waals surface area contributed by atoms with Crippen LogP contribution in [0.1, 0.15) is 25.3 Å². The molecule has 1 atom stereocenters. The van der Waals surface area contributed by atoms with Crippen LogP contribution in [-0.2, 0) is 11.3 Å². The predicted molar refractivity (Wildman–Crippen MR) is 51.9 cm³/mol. The Hall–Kier alpha value is -1.29. The Labute approximate surface area is 82.9 Å². The van der Waals surface area contributed by atoms with Crippen LogP contribution in [0.4, 0.5) is 0 Å². The predicted octanol–water partition coefficient (Wildman–Crippen LogP) is 1.62. The van der Waals surface area contributed by atoms with Gasteiger partial charge in [0.05, 0.1) is 12.5 Å². The largest absolute Gasteiger partial charge is 0.481 e. The van der Waals surface area contributed by atoms with E-state index >= 15 is 0 Å². The molecule has 14 heavy (non-hydrogen) atoms. The summed E-state index contributed by atoms with van der Waals surface area (Å²) in [5.41, 5.74) is 1.08. The molecule has 0 amide bonds. The second kappa shape index (κ2) is 5.44. The van der Waals surface area contributed by atoms with Gasteiger partial charge in [0.15, 0.2) is 0 Å². The summed E-state index contributed by atoms with van der Waals surface area (Å²) in [4.78, 5) is 10.3. The summed E-state index contributed by atoms with van der Waals surface area (Å²) in [5.74, 6) is -0.748. The Kier molecular flexibility index (Phi) is 4.19. The molecular formula is C10H15NO3. The molecule has 4 heteroatoms. The smallest absolute Gasteiger partial charge is 0.303 e. The normalized spacial score (nSPS) is 12.6. The molecule has 4 nitrogen and oxygen atoms in total. The van der Waals surface area contributed by atoms with E-state index in [9.17, 15) is 4.79 Å². The lowest BCUT2D eigenvalue weighted by atomic mass is 10.2. The van der Waals surface area contributed by atoms with Gasteiger partial charge in [0.2, 0.25) is 0 Å². The zero-order valence-corrected chi connectivity index (χ0v) is 8.19. The maximum Gasteiger partial charge on any atom is 0.303 e. The second-order valence-corrected chi connectivity index (χ2v) is 3.35. The van der Waals surface area contributed by atoms with Crippen LogP contribution in [0.2, 0.25) is 0 Å². The van der Waals surface area contributed by atoms with Gasteiger partial charge >= 0.3 is 5.97 Å². The van der Waals surface area contributed by atoms with Gasteiger partial charge in [0.25, 0.3) is 0 Å². The molecule has 0 aromatic carbocycles. The Morgan fingerprint density at radius 3 is 3.07 bits per heavy atom. The van der Waals surface area contributed by atoms with Crippen LogP contribution >= 0.6 is 0 Å². The van der Waals surface area contributed by atoms with Gasteiger partial charge in [0.1, 0.15) is 0 Å². The molecule has 1 rings (SSSR count). The van der Waals surface area contributed by atoms with Crippen LogP contribution in [0.5, 0.6) is 0 Å². The fraction of sp³-hybridized carbons (Fsp3) is 0.500. The molecule has 0 aliphatic carbocycles. The van der Waals surface area contributed by atoms with E-state index in [1.807, 2.05) is 13.0 Å². The van der Waals surface area contributed by atoms with Crippen LogP contribution in [-0.4, -0.2) is 17.1 Å². The number of nitrogens with one attached hydrogen (secondary N) is 1. The van der Waals surface area contributed by atoms with Gasteiger partial charge in [-0.1, -0.05) is 0 Å². The number of furan rings is 1. The Morgan fingerprint density at radius 2 is 2.50 bits per heavy atom. The number of hydrogen-bond acceptors (Lipinski definition) is 3. The van der Waals surface area contributed by atoms with Crippen molar-refractivity contribution in [2.45, 2.75) is 32.4 Å². The summed E-state index contributed by atoms with van der Waals surface area (Å²) in [6.07, 6.45) is 4.16. The van der Waals surface area contributed by atoms with Gasteiger partial charge in [-0.2, -0.15) is 0 Å². The number of carbonyl (C=O) groups is 1. The molecule has 0 radical (unpaired) electrons. The Morgan fingerprint density at radius 1 is 1.71 bits per heavy atom. The summed E-state index contributed by atoms with van der Waals surface area (Å²) in [6.45, 7) is 2.69. The minimum atomic E-state index is -0.748. The van der Waals surface area contributed by atoms with Crippen molar-refractivity contribution in [3.8, 4) is 0 Å². The number of hydrogen-bond donors (Lipinski definition) is 2. The highest BCUT2D eigenvalue weighted by Crippen LogP contribution is 2.01. The molecule has 0 bridgehead atoms. The first kappa shape index (κ1) is 10.8. The highest BCUT2D eigenvalue weighted by Gasteiger charge is 2.04. The monoisotopic (exact) mass is 197 g/mol. The summed E-state index contributed by atoms with van der Waals surface area (Å²) in [6, 6.07) is 2.10. The van der Waals surface area contributed by atoms with E-state index < -0.39 is 5.97 Å². The lowest BCUT2D eigenvalue weighted by Gasteiger charge is -2.11. The van der Waals surface area contributed by atoms with Crippen LogP contribution in [0.3, 0.4) is 0 Å². The van der Waals surface area contributed by atoms with Crippen LogP contribution in [0.25, 0.3) is 0 Å². The van der Waals surface area contributed by atoms with Gasteiger partial charge < -0.3 is 14.8 Å². The molecule has 0 fully saturated rings. The fourth-order valence-electron chi connectivity index (χ4n) is 1.13. The summed E-state index contributed by atoms with van der Waals surface area (Å²) in [5, 5.41) is 11.7. The summed E-state index contributed by atoms with van der Waals surface area (Å²) < 4.78 is 4.91. The lowest BCUT2D eigenvalue weighted by Crippen LogP contribution is -2.25. The minimum Gasteiger partial charge on any atom is -0.481 e. The Bertz CT molecular complexity index is 269. The highest BCUT2D eigenvalue weighted by atomic mass is 16.4. The van der Waals surface area contributed by atoms with Crippen molar-refractivity contribution < 1.29 is 14.3 Å². The van der Waals surface area contributed by atoms with E-state index in [4.69, 9.17) is 9.52 Å². The molecule has 0 spiro atoms. The van der Waals surface area contributed by atoms with Crippen LogP contribution in [0.15, 0.2) is 23.0 Å². The van der Waals surface area contributed by atoms with Gasteiger partial charge in [-0.3, -0.25) is 4.79 Å². The number of carboxylic acids is 1. The Balaban J connectivity index is 2.15.